The minimum atomic E-state index is -3.79. The lowest BCUT2D eigenvalue weighted by molar-refractivity contribution is -0.131. The summed E-state index contributed by atoms with van der Waals surface area (Å²) in [7, 11) is -2.38. The van der Waals surface area contributed by atoms with E-state index < -0.39 is 39.7 Å². The van der Waals surface area contributed by atoms with Crippen LogP contribution in [0.3, 0.4) is 0 Å². The Kier molecular flexibility index (Phi) is 7.26. The number of carbonyl (C=O) groups is 1. The number of aromatic nitrogens is 1. The third-order valence-electron chi connectivity index (χ3n) is 4.45. The molecule has 0 spiro atoms. The number of hydrogen-bond donors (Lipinski definition) is 0. The number of halogens is 2. The Bertz CT molecular complexity index is 1050. The van der Waals surface area contributed by atoms with Crippen LogP contribution < -0.4 is 5.56 Å². The van der Waals surface area contributed by atoms with Crippen molar-refractivity contribution >= 4 is 15.9 Å². The number of pyridine rings is 1. The maximum absolute atomic E-state index is 13.8. The Morgan fingerprint density at radius 1 is 1.10 bits per heavy atom. The molecule has 0 aliphatic carbocycles. The zero-order valence-corrected chi connectivity index (χ0v) is 17.2. The van der Waals surface area contributed by atoms with Crippen molar-refractivity contribution in [2.24, 2.45) is 0 Å². The highest BCUT2D eigenvalue weighted by molar-refractivity contribution is 7.89. The predicted molar refractivity (Wildman–Crippen MR) is 104 cm³/mol. The highest BCUT2D eigenvalue weighted by atomic mass is 32.2. The highest BCUT2D eigenvalue weighted by Gasteiger charge is 2.23. The van der Waals surface area contributed by atoms with Gasteiger partial charge in [0.1, 0.15) is 18.2 Å². The van der Waals surface area contributed by atoms with Crippen LogP contribution in [-0.4, -0.2) is 48.2 Å². The van der Waals surface area contributed by atoms with E-state index in [1.165, 1.54) is 28.4 Å². The Balaban J connectivity index is 2.22. The van der Waals surface area contributed by atoms with Gasteiger partial charge < -0.3 is 9.47 Å². The van der Waals surface area contributed by atoms with Crippen LogP contribution in [0, 0.1) is 11.6 Å². The number of likely N-dealkylation sites (N-methyl/N-ethyl adjacent to an activating group) is 1. The molecule has 2 rings (SSSR count). The molecule has 10 heteroatoms. The standard InChI is InChI=1S/C19H23F2N3O4S/c1-4-24(5-2)29(27,28)16-8-9-18(25)23(12-16)13-19(26)22(3)11-14-6-7-15(20)10-17(14)21/h6-10,12H,4-5,11,13H2,1-3H3. The molecule has 1 aromatic heterocycles. The van der Waals surface area contributed by atoms with Gasteiger partial charge in [0.15, 0.2) is 0 Å². The third-order valence-corrected chi connectivity index (χ3v) is 6.49. The summed E-state index contributed by atoms with van der Waals surface area (Å²) in [5, 5.41) is 0. The number of carbonyl (C=O) groups excluding carboxylic acids is 1. The van der Waals surface area contributed by atoms with Gasteiger partial charge in [0.05, 0.1) is 4.90 Å². The first-order valence-corrected chi connectivity index (χ1v) is 10.4. The van der Waals surface area contributed by atoms with E-state index in [9.17, 15) is 26.8 Å². The van der Waals surface area contributed by atoms with Crippen LogP contribution in [0.2, 0.25) is 0 Å². The second-order valence-corrected chi connectivity index (χ2v) is 8.34. The van der Waals surface area contributed by atoms with Crippen molar-refractivity contribution in [2.75, 3.05) is 20.1 Å². The van der Waals surface area contributed by atoms with Crippen molar-refractivity contribution in [2.45, 2.75) is 31.8 Å². The molecule has 0 N–H and O–H groups in total. The van der Waals surface area contributed by atoms with E-state index in [-0.39, 0.29) is 30.1 Å². The van der Waals surface area contributed by atoms with Crippen LogP contribution in [0.5, 0.6) is 0 Å². The van der Waals surface area contributed by atoms with Gasteiger partial charge in [0, 0.05) is 50.6 Å². The number of hydrogen-bond acceptors (Lipinski definition) is 4. The second kappa shape index (κ2) is 9.27. The van der Waals surface area contributed by atoms with E-state index in [0.29, 0.717) is 0 Å². The lowest BCUT2D eigenvalue weighted by Gasteiger charge is -2.20. The minimum absolute atomic E-state index is 0.0965. The van der Waals surface area contributed by atoms with Crippen molar-refractivity contribution in [1.82, 2.24) is 13.8 Å². The first-order chi connectivity index (χ1) is 13.6. The van der Waals surface area contributed by atoms with Crippen molar-refractivity contribution < 1.29 is 22.0 Å². The van der Waals surface area contributed by atoms with E-state index in [1.807, 2.05) is 0 Å². The van der Waals surface area contributed by atoms with E-state index >= 15 is 0 Å². The van der Waals surface area contributed by atoms with Crippen LogP contribution in [0.1, 0.15) is 19.4 Å². The van der Waals surface area contributed by atoms with Gasteiger partial charge in [-0.05, 0) is 12.1 Å². The van der Waals surface area contributed by atoms with Gasteiger partial charge in [0.2, 0.25) is 15.9 Å². The first-order valence-electron chi connectivity index (χ1n) is 8.98. The Morgan fingerprint density at radius 3 is 2.34 bits per heavy atom. The quantitative estimate of drug-likeness (QED) is 0.644. The largest absolute Gasteiger partial charge is 0.340 e. The molecule has 0 aliphatic heterocycles. The molecule has 1 amide bonds. The van der Waals surface area contributed by atoms with Gasteiger partial charge >= 0.3 is 0 Å². The second-order valence-electron chi connectivity index (χ2n) is 6.41. The lowest BCUT2D eigenvalue weighted by Crippen LogP contribution is -2.35. The van der Waals surface area contributed by atoms with E-state index in [2.05, 4.69) is 0 Å². The van der Waals surface area contributed by atoms with Crippen molar-refractivity contribution in [3.8, 4) is 0 Å². The maximum atomic E-state index is 13.8. The molecule has 0 saturated carbocycles. The van der Waals surface area contributed by atoms with Gasteiger partial charge in [-0.1, -0.05) is 19.9 Å². The monoisotopic (exact) mass is 427 g/mol. The molecular formula is C19H23F2N3O4S. The molecule has 0 radical (unpaired) electrons. The minimum Gasteiger partial charge on any atom is -0.340 e. The van der Waals surface area contributed by atoms with E-state index in [4.69, 9.17) is 0 Å². The summed E-state index contributed by atoms with van der Waals surface area (Å²) in [6.45, 7) is 3.39. The zero-order chi connectivity index (χ0) is 21.8. The fraction of sp³-hybridized carbons (Fsp3) is 0.368. The van der Waals surface area contributed by atoms with Gasteiger partial charge in [-0.2, -0.15) is 4.31 Å². The molecule has 7 nitrogen and oxygen atoms in total. The van der Waals surface area contributed by atoms with Gasteiger partial charge in [-0.15, -0.1) is 0 Å². The molecular weight excluding hydrogens is 404 g/mol. The summed E-state index contributed by atoms with van der Waals surface area (Å²) in [4.78, 5) is 25.6. The van der Waals surface area contributed by atoms with Crippen LogP contribution in [-0.2, 0) is 27.9 Å². The number of amides is 1. The summed E-state index contributed by atoms with van der Waals surface area (Å²) in [6.07, 6.45) is 1.13. The fourth-order valence-electron chi connectivity index (χ4n) is 2.76. The predicted octanol–water partition coefficient (Wildman–Crippen LogP) is 1.82. The van der Waals surface area contributed by atoms with Crippen LogP contribution in [0.15, 0.2) is 46.2 Å². The molecule has 0 bridgehead atoms. The Labute approximate surface area is 168 Å². The van der Waals surface area contributed by atoms with Crippen molar-refractivity contribution in [1.29, 1.82) is 0 Å². The third kappa shape index (κ3) is 5.27. The van der Waals surface area contributed by atoms with E-state index in [1.54, 1.807) is 13.8 Å². The Hall–Kier alpha value is -2.59. The molecule has 1 aromatic carbocycles. The summed E-state index contributed by atoms with van der Waals surface area (Å²) in [5.41, 5.74) is -0.425. The number of benzene rings is 1. The molecule has 0 atom stereocenters. The van der Waals surface area contributed by atoms with Gasteiger partial charge in [-0.25, -0.2) is 17.2 Å². The zero-order valence-electron chi connectivity index (χ0n) is 16.4. The summed E-state index contributed by atoms with van der Waals surface area (Å²) >= 11 is 0. The van der Waals surface area contributed by atoms with E-state index in [0.717, 1.165) is 29.0 Å². The summed E-state index contributed by atoms with van der Waals surface area (Å²) < 4.78 is 54.3. The highest BCUT2D eigenvalue weighted by Crippen LogP contribution is 2.14. The number of rotatable bonds is 8. The first kappa shape index (κ1) is 22.7. The number of sulfonamides is 1. The normalized spacial score (nSPS) is 11.7. The fourth-order valence-corrected chi connectivity index (χ4v) is 4.24. The smallest absolute Gasteiger partial charge is 0.251 e. The maximum Gasteiger partial charge on any atom is 0.251 e. The van der Waals surface area contributed by atoms with Gasteiger partial charge in [-0.3, -0.25) is 9.59 Å². The molecule has 0 aliphatic rings. The van der Waals surface area contributed by atoms with Crippen LogP contribution in [0.4, 0.5) is 8.78 Å². The molecule has 1 heterocycles. The average Bonchev–Trinajstić information content (AvgIpc) is 2.66. The average molecular weight is 427 g/mol. The lowest BCUT2D eigenvalue weighted by atomic mass is 10.2. The number of nitrogens with zero attached hydrogens (tertiary/aromatic N) is 3. The van der Waals surface area contributed by atoms with Crippen molar-refractivity contribution in [3.05, 3.63) is 64.1 Å². The molecule has 0 saturated heterocycles. The van der Waals surface area contributed by atoms with Crippen LogP contribution >= 0.6 is 0 Å². The van der Waals surface area contributed by atoms with Crippen LogP contribution in [0.25, 0.3) is 0 Å². The molecule has 0 fully saturated rings. The van der Waals surface area contributed by atoms with Gasteiger partial charge in [0.25, 0.3) is 5.56 Å². The molecule has 158 valence electrons. The topological polar surface area (TPSA) is 79.7 Å². The summed E-state index contributed by atoms with van der Waals surface area (Å²) in [5.74, 6) is -2.04. The molecule has 29 heavy (non-hydrogen) atoms. The Morgan fingerprint density at radius 2 is 1.76 bits per heavy atom. The molecule has 0 unspecified atom stereocenters. The SMILES string of the molecule is CCN(CC)S(=O)(=O)c1ccc(=O)n(CC(=O)N(C)Cc2ccc(F)cc2F)c1. The molecule has 2 aromatic rings. The summed E-state index contributed by atoms with van der Waals surface area (Å²) in [6, 6.07) is 5.33. The van der Waals surface area contributed by atoms with Crippen molar-refractivity contribution in [3.63, 3.8) is 0 Å².